The Hall–Kier alpha value is -3.58. The largest absolute Gasteiger partial charge is 0.334 e. The molecule has 0 saturated carbocycles. The van der Waals surface area contributed by atoms with Crippen LogP contribution in [0, 0.1) is 5.92 Å². The molecule has 1 heteroatoms. The lowest BCUT2D eigenvalue weighted by molar-refractivity contribution is 0.394. The number of nitrogens with zero attached hydrogens (tertiary/aromatic N) is 1. The lowest BCUT2D eigenvalue weighted by atomic mass is 9.74. The molecule has 0 fully saturated rings. The molecule has 0 aliphatic heterocycles. The van der Waals surface area contributed by atoms with Crippen LogP contribution in [0.15, 0.2) is 121 Å². The Kier molecular flexibility index (Phi) is 5.14. The maximum absolute atomic E-state index is 2.51. The molecule has 0 aromatic heterocycles. The molecule has 1 nitrogen and oxygen atoms in total. The van der Waals surface area contributed by atoms with Gasteiger partial charge in [-0.2, -0.15) is 0 Å². The number of hydrogen-bond acceptors (Lipinski definition) is 1. The van der Waals surface area contributed by atoms with Gasteiger partial charge in [0.05, 0.1) is 6.04 Å². The molecule has 0 spiro atoms. The Morgan fingerprint density at radius 1 is 0.765 bits per heavy atom. The van der Waals surface area contributed by atoms with E-state index in [0.717, 1.165) is 6.42 Å². The number of anilines is 2. The zero-order valence-electron chi connectivity index (χ0n) is 19.9. The van der Waals surface area contributed by atoms with Gasteiger partial charge in [0.25, 0.3) is 0 Å². The number of benzene rings is 3. The van der Waals surface area contributed by atoms with E-state index < -0.39 is 0 Å². The van der Waals surface area contributed by atoms with Crippen molar-refractivity contribution >= 4 is 16.9 Å². The minimum atomic E-state index is 0.114. The molecule has 168 valence electrons. The minimum absolute atomic E-state index is 0.114. The van der Waals surface area contributed by atoms with E-state index in [2.05, 4.69) is 140 Å². The van der Waals surface area contributed by atoms with Crippen molar-refractivity contribution < 1.29 is 0 Å². The van der Waals surface area contributed by atoms with Crippen molar-refractivity contribution in [3.05, 3.63) is 138 Å². The second-order valence-electron chi connectivity index (χ2n) is 10.2. The van der Waals surface area contributed by atoms with Crippen LogP contribution < -0.4 is 4.90 Å². The third kappa shape index (κ3) is 3.47. The van der Waals surface area contributed by atoms with Crippen molar-refractivity contribution in [3.63, 3.8) is 0 Å². The van der Waals surface area contributed by atoms with Gasteiger partial charge in [0.1, 0.15) is 0 Å². The number of rotatable bonds is 4. The lowest BCUT2D eigenvalue weighted by Gasteiger charge is -2.34. The highest BCUT2D eigenvalue weighted by Crippen LogP contribution is 2.53. The molecular weight excluding hydrogens is 410 g/mol. The van der Waals surface area contributed by atoms with Gasteiger partial charge in [0.2, 0.25) is 0 Å². The topological polar surface area (TPSA) is 3.24 Å². The molecule has 0 amide bonds. The molecule has 6 rings (SSSR count). The van der Waals surface area contributed by atoms with Gasteiger partial charge in [0, 0.05) is 17.3 Å². The first-order valence-electron chi connectivity index (χ1n) is 12.4. The first-order chi connectivity index (χ1) is 16.6. The highest BCUT2D eigenvalue weighted by atomic mass is 15.2. The second-order valence-corrected chi connectivity index (χ2v) is 10.2. The summed E-state index contributed by atoms with van der Waals surface area (Å²) in [5.74, 6) is 1.01. The zero-order valence-corrected chi connectivity index (χ0v) is 19.9. The minimum Gasteiger partial charge on any atom is -0.334 e. The summed E-state index contributed by atoms with van der Waals surface area (Å²) in [6.45, 7) is 4.82. The third-order valence-electron chi connectivity index (χ3n) is 7.89. The van der Waals surface area contributed by atoms with E-state index in [1.807, 2.05) is 0 Å². The fourth-order valence-electron chi connectivity index (χ4n) is 6.08. The lowest BCUT2D eigenvalue weighted by Crippen LogP contribution is -2.30. The average molecular weight is 442 g/mol. The fraction of sp³-hybridized carbons (Fsp3) is 0.212. The Balaban J connectivity index is 1.39. The molecule has 34 heavy (non-hydrogen) atoms. The van der Waals surface area contributed by atoms with E-state index in [4.69, 9.17) is 0 Å². The normalized spacial score (nSPS) is 23.8. The van der Waals surface area contributed by atoms with Crippen molar-refractivity contribution in [3.8, 4) is 0 Å². The molecule has 3 aliphatic rings. The molecule has 0 bridgehead atoms. The molecule has 3 aliphatic carbocycles. The van der Waals surface area contributed by atoms with Crippen LogP contribution in [0.25, 0.3) is 5.57 Å². The molecule has 0 saturated heterocycles. The van der Waals surface area contributed by atoms with Crippen molar-refractivity contribution in [1.82, 2.24) is 0 Å². The molecule has 3 unspecified atom stereocenters. The molecule has 0 radical (unpaired) electrons. The summed E-state index contributed by atoms with van der Waals surface area (Å²) in [4.78, 5) is 2.51. The van der Waals surface area contributed by atoms with Crippen molar-refractivity contribution in [2.45, 2.75) is 37.6 Å². The van der Waals surface area contributed by atoms with Crippen LogP contribution in [0.2, 0.25) is 0 Å². The summed E-state index contributed by atoms with van der Waals surface area (Å²) >= 11 is 0. The van der Waals surface area contributed by atoms with Gasteiger partial charge in [-0.1, -0.05) is 111 Å². The number of para-hydroxylation sites is 1. The van der Waals surface area contributed by atoms with E-state index in [1.165, 1.54) is 33.6 Å². The number of allylic oxidation sites excluding steroid dienone is 6. The second kappa shape index (κ2) is 8.33. The maximum Gasteiger partial charge on any atom is 0.0560 e. The summed E-state index contributed by atoms with van der Waals surface area (Å²) in [5.41, 5.74) is 8.18. The monoisotopic (exact) mass is 441 g/mol. The van der Waals surface area contributed by atoms with Crippen molar-refractivity contribution in [1.29, 1.82) is 0 Å². The van der Waals surface area contributed by atoms with Crippen LogP contribution in [-0.2, 0) is 5.41 Å². The van der Waals surface area contributed by atoms with Crippen LogP contribution in [0.3, 0.4) is 0 Å². The summed E-state index contributed by atoms with van der Waals surface area (Å²) < 4.78 is 0. The third-order valence-corrected chi connectivity index (χ3v) is 7.89. The van der Waals surface area contributed by atoms with Gasteiger partial charge in [-0.15, -0.1) is 0 Å². The maximum atomic E-state index is 2.51. The predicted octanol–water partition coefficient (Wildman–Crippen LogP) is 8.35. The molecular formula is C33H31N. The quantitative estimate of drug-likeness (QED) is 0.393. The summed E-state index contributed by atoms with van der Waals surface area (Å²) in [7, 11) is 0. The zero-order chi connectivity index (χ0) is 23.1. The van der Waals surface area contributed by atoms with Gasteiger partial charge in [-0.3, -0.25) is 0 Å². The van der Waals surface area contributed by atoms with Crippen molar-refractivity contribution in [2.24, 2.45) is 5.92 Å². The van der Waals surface area contributed by atoms with Crippen LogP contribution in [0.1, 0.15) is 42.9 Å². The van der Waals surface area contributed by atoms with E-state index in [-0.39, 0.29) is 11.5 Å². The Morgan fingerprint density at radius 2 is 1.50 bits per heavy atom. The highest BCUT2D eigenvalue weighted by molar-refractivity contribution is 5.77. The first-order valence-corrected chi connectivity index (χ1v) is 12.4. The molecule has 3 aromatic rings. The van der Waals surface area contributed by atoms with Crippen LogP contribution in [0.5, 0.6) is 0 Å². The van der Waals surface area contributed by atoms with Crippen molar-refractivity contribution in [2.75, 3.05) is 4.90 Å². The molecule has 0 heterocycles. The van der Waals surface area contributed by atoms with E-state index in [9.17, 15) is 0 Å². The van der Waals surface area contributed by atoms with Gasteiger partial charge in [0.15, 0.2) is 0 Å². The molecule has 0 N–H and O–H groups in total. The van der Waals surface area contributed by atoms with E-state index >= 15 is 0 Å². The Morgan fingerprint density at radius 3 is 2.24 bits per heavy atom. The Bertz CT molecular complexity index is 1310. The smallest absolute Gasteiger partial charge is 0.0560 e. The highest BCUT2D eigenvalue weighted by Gasteiger charge is 2.44. The fourth-order valence-corrected chi connectivity index (χ4v) is 6.08. The predicted molar refractivity (Wildman–Crippen MR) is 145 cm³/mol. The first kappa shape index (κ1) is 21.0. The van der Waals surface area contributed by atoms with Crippen LogP contribution in [0.4, 0.5) is 11.4 Å². The van der Waals surface area contributed by atoms with E-state index in [0.29, 0.717) is 11.8 Å². The van der Waals surface area contributed by atoms with Gasteiger partial charge in [-0.05, 0) is 64.3 Å². The number of hydrogen-bond donors (Lipinski definition) is 0. The SMILES string of the molecule is CC1(C)c2cc(N(c3ccccc3)C3C=CC(c4ccccc4)=CC3)ccc2C2C=CC=CC21. The van der Waals surface area contributed by atoms with Crippen LogP contribution in [-0.4, -0.2) is 6.04 Å². The standard InChI is InChI=1S/C33H31N/c1-33(2)31-16-10-9-15-29(31)30-22-21-28(23-32(30)33)34(26-13-7-4-8-14-26)27-19-17-25(18-20-27)24-11-5-3-6-12-24/h3-19,21-23,27,29,31H,20H2,1-2H3. The summed E-state index contributed by atoms with van der Waals surface area (Å²) in [6.07, 6.45) is 17.2. The van der Waals surface area contributed by atoms with Crippen LogP contribution >= 0.6 is 0 Å². The summed E-state index contributed by atoms with van der Waals surface area (Å²) in [6, 6.07) is 29.0. The number of fused-ring (bicyclic) bond motifs is 3. The molecule has 3 aromatic carbocycles. The summed E-state index contributed by atoms with van der Waals surface area (Å²) in [5, 5.41) is 0. The van der Waals surface area contributed by atoms with Gasteiger partial charge >= 0.3 is 0 Å². The van der Waals surface area contributed by atoms with Gasteiger partial charge in [-0.25, -0.2) is 0 Å². The average Bonchev–Trinajstić information content (AvgIpc) is 3.12. The molecule has 3 atom stereocenters. The Labute approximate surface area is 203 Å². The van der Waals surface area contributed by atoms with E-state index in [1.54, 1.807) is 0 Å². The van der Waals surface area contributed by atoms with Gasteiger partial charge < -0.3 is 4.90 Å².